The molecule has 0 rings (SSSR count). The van der Waals surface area contributed by atoms with Gasteiger partial charge in [-0.2, -0.15) is 5.90 Å². The van der Waals surface area contributed by atoms with E-state index >= 15 is 0 Å². The smallest absolute Gasteiger partial charge is 0.351 e. The van der Waals surface area contributed by atoms with Gasteiger partial charge >= 0.3 is 5.97 Å². The quantitative estimate of drug-likeness (QED) is 0.494. The van der Waals surface area contributed by atoms with E-state index in [4.69, 9.17) is 0 Å². The zero-order chi connectivity index (χ0) is 7.28. The molecule has 0 saturated carbocycles. The lowest BCUT2D eigenvalue weighted by molar-refractivity contribution is -0.139. The topological polar surface area (TPSA) is 52.3 Å². The Bertz CT molecular complexity index is 134. The van der Waals surface area contributed by atoms with Crippen LogP contribution in [0.5, 0.6) is 0 Å². The third-order valence-electron chi connectivity index (χ3n) is 0.939. The van der Waals surface area contributed by atoms with Crippen molar-refractivity contribution in [3.63, 3.8) is 0 Å². The second-order valence-corrected chi connectivity index (χ2v) is 1.70. The molecular formula is C6H12ClNO2. The van der Waals surface area contributed by atoms with Crippen LogP contribution in [0.15, 0.2) is 11.6 Å². The van der Waals surface area contributed by atoms with Gasteiger partial charge in [0.05, 0.1) is 0 Å². The van der Waals surface area contributed by atoms with E-state index in [1.54, 1.807) is 13.0 Å². The third-order valence-corrected chi connectivity index (χ3v) is 0.939. The summed E-state index contributed by atoms with van der Waals surface area (Å²) in [5.74, 6) is 4.15. The highest BCUT2D eigenvalue weighted by molar-refractivity contribution is 5.87. The average Bonchev–Trinajstić information content (AvgIpc) is 1.87. The van der Waals surface area contributed by atoms with Crippen LogP contribution in [0, 0.1) is 0 Å². The van der Waals surface area contributed by atoms with Crippen molar-refractivity contribution in [3.8, 4) is 0 Å². The molecule has 0 spiro atoms. The number of nitrogens with two attached hydrogens (primary N) is 1. The van der Waals surface area contributed by atoms with Crippen molar-refractivity contribution < 1.29 is 9.63 Å². The summed E-state index contributed by atoms with van der Waals surface area (Å²) in [5.41, 5.74) is 0.556. The van der Waals surface area contributed by atoms with E-state index in [1.165, 1.54) is 0 Å². The second kappa shape index (κ2) is 6.58. The Morgan fingerprint density at radius 3 is 2.50 bits per heavy atom. The molecule has 0 amide bonds. The number of rotatable bonds is 2. The molecule has 2 N–H and O–H groups in total. The van der Waals surface area contributed by atoms with Crippen molar-refractivity contribution >= 4 is 18.4 Å². The van der Waals surface area contributed by atoms with Gasteiger partial charge in [0.25, 0.3) is 0 Å². The minimum atomic E-state index is -0.461. The van der Waals surface area contributed by atoms with Gasteiger partial charge in [-0.1, -0.05) is 13.0 Å². The first-order valence-electron chi connectivity index (χ1n) is 2.80. The van der Waals surface area contributed by atoms with Gasteiger partial charge in [-0.3, -0.25) is 0 Å². The Morgan fingerprint density at radius 2 is 2.20 bits per heavy atom. The van der Waals surface area contributed by atoms with Crippen molar-refractivity contribution in [3.05, 3.63) is 11.6 Å². The molecule has 0 aromatic heterocycles. The van der Waals surface area contributed by atoms with E-state index in [0.29, 0.717) is 5.57 Å². The molecular weight excluding hydrogens is 154 g/mol. The monoisotopic (exact) mass is 165 g/mol. The van der Waals surface area contributed by atoms with Crippen molar-refractivity contribution in [1.82, 2.24) is 0 Å². The molecule has 0 aliphatic heterocycles. The molecule has 0 bridgehead atoms. The van der Waals surface area contributed by atoms with E-state index < -0.39 is 5.97 Å². The molecule has 0 aromatic rings. The third kappa shape index (κ3) is 4.35. The first-order chi connectivity index (χ1) is 4.22. The Labute approximate surface area is 66.6 Å². The van der Waals surface area contributed by atoms with E-state index in [9.17, 15) is 4.79 Å². The number of allylic oxidation sites excluding steroid dienone is 1. The van der Waals surface area contributed by atoms with Gasteiger partial charge in [-0.15, -0.1) is 12.4 Å². The highest BCUT2D eigenvalue weighted by atomic mass is 35.5. The molecule has 4 heteroatoms. The van der Waals surface area contributed by atoms with Gasteiger partial charge in [-0.05, 0) is 13.3 Å². The van der Waals surface area contributed by atoms with Crippen molar-refractivity contribution in [2.75, 3.05) is 0 Å². The van der Waals surface area contributed by atoms with Crippen LogP contribution in [-0.2, 0) is 9.63 Å². The molecule has 3 nitrogen and oxygen atoms in total. The Balaban J connectivity index is 0. The fourth-order valence-electron chi connectivity index (χ4n) is 0.482. The van der Waals surface area contributed by atoms with E-state index in [0.717, 1.165) is 6.42 Å². The number of carbonyl (C=O) groups excluding carboxylic acids is 1. The first-order valence-corrected chi connectivity index (χ1v) is 2.80. The summed E-state index contributed by atoms with van der Waals surface area (Å²) in [5, 5.41) is 0. The Morgan fingerprint density at radius 1 is 1.70 bits per heavy atom. The highest BCUT2D eigenvalue weighted by Crippen LogP contribution is 1.95. The van der Waals surface area contributed by atoms with Crippen LogP contribution in [0.4, 0.5) is 0 Å². The fraction of sp³-hybridized carbons (Fsp3) is 0.500. The normalized spacial score (nSPS) is 10.1. The molecule has 0 saturated heterocycles. The van der Waals surface area contributed by atoms with Gasteiger partial charge in [0.1, 0.15) is 0 Å². The molecule has 0 heterocycles. The molecule has 0 unspecified atom stereocenters. The van der Waals surface area contributed by atoms with Gasteiger partial charge < -0.3 is 4.84 Å². The minimum Gasteiger partial charge on any atom is -0.370 e. The summed E-state index contributed by atoms with van der Waals surface area (Å²) in [4.78, 5) is 14.4. The van der Waals surface area contributed by atoms with Crippen LogP contribution < -0.4 is 5.90 Å². The van der Waals surface area contributed by atoms with Crippen LogP contribution in [0.1, 0.15) is 20.3 Å². The number of hydrogen-bond acceptors (Lipinski definition) is 3. The van der Waals surface area contributed by atoms with Crippen LogP contribution in [-0.4, -0.2) is 5.97 Å². The van der Waals surface area contributed by atoms with Gasteiger partial charge in [0.15, 0.2) is 0 Å². The largest absolute Gasteiger partial charge is 0.370 e. The minimum absolute atomic E-state index is 0. The molecule has 0 fully saturated rings. The van der Waals surface area contributed by atoms with E-state index in [2.05, 4.69) is 10.7 Å². The maximum absolute atomic E-state index is 10.5. The summed E-state index contributed by atoms with van der Waals surface area (Å²) in [6, 6.07) is 0. The number of carbonyl (C=O) groups is 1. The fourth-order valence-corrected chi connectivity index (χ4v) is 0.482. The predicted octanol–water partition coefficient (Wildman–Crippen LogP) is 1.18. The van der Waals surface area contributed by atoms with Gasteiger partial charge in [-0.25, -0.2) is 4.79 Å². The first kappa shape index (κ1) is 12.2. The SMILES string of the molecule is CC/C=C(\C)C(=O)ON.Cl. The van der Waals surface area contributed by atoms with Crippen LogP contribution in [0.25, 0.3) is 0 Å². The molecule has 0 aromatic carbocycles. The maximum atomic E-state index is 10.5. The second-order valence-electron chi connectivity index (χ2n) is 1.70. The molecule has 60 valence electrons. The predicted molar refractivity (Wildman–Crippen MR) is 41.6 cm³/mol. The number of halogens is 1. The van der Waals surface area contributed by atoms with E-state index in [-0.39, 0.29) is 12.4 Å². The zero-order valence-electron chi connectivity index (χ0n) is 6.09. The summed E-state index contributed by atoms with van der Waals surface area (Å²) >= 11 is 0. The summed E-state index contributed by atoms with van der Waals surface area (Å²) < 4.78 is 0. The van der Waals surface area contributed by atoms with E-state index in [1.807, 2.05) is 6.92 Å². The van der Waals surface area contributed by atoms with Gasteiger partial charge in [0.2, 0.25) is 0 Å². The highest BCUT2D eigenvalue weighted by Gasteiger charge is 2.00. The van der Waals surface area contributed by atoms with Crippen molar-refractivity contribution in [2.45, 2.75) is 20.3 Å². The Hall–Kier alpha value is -0.540. The standard InChI is InChI=1S/C6H11NO2.ClH/c1-3-4-5(2)6(8)9-7;/h4H,3,7H2,1-2H3;1H/b5-4+;. The molecule has 10 heavy (non-hydrogen) atoms. The summed E-state index contributed by atoms with van der Waals surface area (Å²) in [6.07, 6.45) is 2.58. The summed E-state index contributed by atoms with van der Waals surface area (Å²) in [6.45, 7) is 3.60. The lowest BCUT2D eigenvalue weighted by Crippen LogP contribution is -2.10. The van der Waals surface area contributed by atoms with Crippen molar-refractivity contribution in [2.24, 2.45) is 5.90 Å². The molecule has 0 aliphatic carbocycles. The molecule has 0 radical (unpaired) electrons. The van der Waals surface area contributed by atoms with Crippen LogP contribution in [0.2, 0.25) is 0 Å². The lowest BCUT2D eigenvalue weighted by Gasteiger charge is -1.94. The zero-order valence-corrected chi connectivity index (χ0v) is 6.90. The van der Waals surface area contributed by atoms with Crippen molar-refractivity contribution in [1.29, 1.82) is 0 Å². The lowest BCUT2D eigenvalue weighted by atomic mass is 10.2. The van der Waals surface area contributed by atoms with Gasteiger partial charge in [0, 0.05) is 5.57 Å². The van der Waals surface area contributed by atoms with Crippen LogP contribution in [0.3, 0.4) is 0 Å². The molecule has 0 aliphatic rings. The van der Waals surface area contributed by atoms with Crippen LogP contribution >= 0.6 is 12.4 Å². The maximum Gasteiger partial charge on any atom is 0.351 e. The Kier molecular flexibility index (Phi) is 8.00. The molecule has 0 atom stereocenters. The average molecular weight is 166 g/mol. The number of hydrogen-bond donors (Lipinski definition) is 1. The summed E-state index contributed by atoms with van der Waals surface area (Å²) in [7, 11) is 0.